The minimum atomic E-state index is -0.706. The third-order valence-corrected chi connectivity index (χ3v) is 4.76. The molecule has 140 valence electrons. The normalized spacial score (nSPS) is 16.3. The molecule has 1 aromatic rings. The van der Waals surface area contributed by atoms with Crippen LogP contribution in [0.4, 0.5) is 4.79 Å². The maximum Gasteiger partial charge on any atom is 0.326 e. The quantitative estimate of drug-likeness (QED) is 0.561. The van der Waals surface area contributed by atoms with Crippen LogP contribution in [-0.2, 0) is 14.3 Å². The zero-order valence-electron chi connectivity index (χ0n) is 14.7. The number of methoxy groups -OCH3 is 1. The molecule has 1 fully saturated rings. The fraction of sp³-hybridized carbons (Fsp3) is 0.353. The van der Waals surface area contributed by atoms with E-state index in [0.29, 0.717) is 10.0 Å². The molecule has 1 N–H and O–H groups in total. The molecule has 0 aromatic heterocycles. The third-order valence-electron chi connectivity index (χ3n) is 3.17. The van der Waals surface area contributed by atoms with Gasteiger partial charge < -0.3 is 14.6 Å². The van der Waals surface area contributed by atoms with Crippen molar-refractivity contribution < 1.29 is 29.0 Å². The number of ether oxygens (including phenoxy) is 2. The van der Waals surface area contributed by atoms with E-state index in [9.17, 15) is 19.5 Å². The number of hydrogen-bond donors (Lipinski definition) is 1. The first-order valence-electron chi connectivity index (χ1n) is 7.55. The number of benzene rings is 1. The number of hydrogen-bond acceptors (Lipinski definition) is 7. The lowest BCUT2D eigenvalue weighted by molar-refractivity contribution is -0.156. The van der Waals surface area contributed by atoms with Gasteiger partial charge in [-0.15, -0.1) is 0 Å². The Kier molecular flexibility index (Phi) is 6.02. The van der Waals surface area contributed by atoms with Gasteiger partial charge in [0.05, 0.1) is 12.0 Å². The van der Waals surface area contributed by atoms with Gasteiger partial charge in [0.15, 0.2) is 11.5 Å². The molecule has 9 heteroatoms. The predicted octanol–water partition coefficient (Wildman–Crippen LogP) is 3.54. The van der Waals surface area contributed by atoms with Gasteiger partial charge in [0.25, 0.3) is 11.1 Å². The number of phenolic OH excluding ortho intramolecular Hbond substituents is 1. The van der Waals surface area contributed by atoms with Gasteiger partial charge in [0.1, 0.15) is 12.1 Å². The van der Waals surface area contributed by atoms with E-state index in [2.05, 4.69) is 15.9 Å². The number of esters is 1. The fourth-order valence-corrected chi connectivity index (χ4v) is 3.39. The second kappa shape index (κ2) is 7.71. The lowest BCUT2D eigenvalue weighted by Crippen LogP contribution is -2.37. The van der Waals surface area contributed by atoms with E-state index in [1.54, 1.807) is 20.8 Å². The molecule has 0 saturated carbocycles. The highest BCUT2D eigenvalue weighted by Crippen LogP contribution is 2.37. The van der Waals surface area contributed by atoms with Crippen molar-refractivity contribution in [2.75, 3.05) is 13.7 Å². The van der Waals surface area contributed by atoms with Crippen molar-refractivity contribution >= 4 is 50.9 Å². The molecular formula is C17H18BrNO6S. The van der Waals surface area contributed by atoms with Gasteiger partial charge >= 0.3 is 5.97 Å². The Bertz CT molecular complexity index is 799. The Labute approximate surface area is 163 Å². The average molecular weight is 444 g/mol. The molecule has 0 spiro atoms. The van der Waals surface area contributed by atoms with E-state index >= 15 is 0 Å². The number of carbonyl (C=O) groups excluding carboxylic acids is 3. The summed E-state index contributed by atoms with van der Waals surface area (Å²) in [6.45, 7) is 4.66. The zero-order valence-corrected chi connectivity index (χ0v) is 17.1. The van der Waals surface area contributed by atoms with E-state index < -0.39 is 29.3 Å². The number of imide groups is 1. The molecule has 2 rings (SSSR count). The summed E-state index contributed by atoms with van der Waals surface area (Å²) in [5, 5.41) is 9.20. The largest absolute Gasteiger partial charge is 0.504 e. The van der Waals surface area contributed by atoms with E-state index in [0.717, 1.165) is 16.7 Å². The Balaban J connectivity index is 2.23. The van der Waals surface area contributed by atoms with E-state index in [1.165, 1.54) is 25.3 Å². The predicted molar refractivity (Wildman–Crippen MR) is 101 cm³/mol. The number of aromatic hydroxyl groups is 1. The van der Waals surface area contributed by atoms with Crippen LogP contribution in [0.1, 0.15) is 26.3 Å². The van der Waals surface area contributed by atoms with Gasteiger partial charge in [-0.25, -0.2) is 0 Å². The smallest absolute Gasteiger partial charge is 0.326 e. The van der Waals surface area contributed by atoms with Crippen molar-refractivity contribution in [1.29, 1.82) is 0 Å². The van der Waals surface area contributed by atoms with Crippen LogP contribution < -0.4 is 4.74 Å². The second-order valence-electron chi connectivity index (χ2n) is 6.40. The lowest BCUT2D eigenvalue weighted by Gasteiger charge is -2.21. The van der Waals surface area contributed by atoms with Crippen LogP contribution in [-0.4, -0.2) is 46.4 Å². The molecule has 26 heavy (non-hydrogen) atoms. The average Bonchev–Trinajstić information content (AvgIpc) is 2.75. The molecule has 0 bridgehead atoms. The summed E-state index contributed by atoms with van der Waals surface area (Å²) in [7, 11) is 1.40. The first-order valence-corrected chi connectivity index (χ1v) is 9.16. The van der Waals surface area contributed by atoms with Gasteiger partial charge in [0, 0.05) is 4.47 Å². The number of rotatable bonds is 4. The summed E-state index contributed by atoms with van der Waals surface area (Å²) < 4.78 is 10.7. The summed E-state index contributed by atoms with van der Waals surface area (Å²) in [5.41, 5.74) is -0.162. The highest BCUT2D eigenvalue weighted by molar-refractivity contribution is 9.10. The second-order valence-corrected chi connectivity index (χ2v) is 8.25. The summed E-state index contributed by atoms with van der Waals surface area (Å²) in [6, 6.07) is 2.96. The Morgan fingerprint density at radius 3 is 2.58 bits per heavy atom. The molecule has 1 aromatic carbocycles. The molecule has 0 radical (unpaired) electrons. The lowest BCUT2D eigenvalue weighted by atomic mass is 10.2. The van der Waals surface area contributed by atoms with Crippen LogP contribution in [0.25, 0.3) is 6.08 Å². The minimum absolute atomic E-state index is 0.0606. The van der Waals surface area contributed by atoms with Gasteiger partial charge in [-0.05, 0) is 56.3 Å². The Morgan fingerprint density at radius 2 is 2.00 bits per heavy atom. The van der Waals surface area contributed by atoms with E-state index in [1.807, 2.05) is 0 Å². The maximum atomic E-state index is 12.5. The van der Waals surface area contributed by atoms with Crippen molar-refractivity contribution in [3.05, 3.63) is 27.1 Å². The SMILES string of the molecule is COc1cc(C=C2SC(=O)N(CC(=O)OC(C)(C)C)C2=O)c(Br)cc1O. The number of thioether (sulfide) groups is 1. The molecule has 1 aliphatic rings. The molecule has 7 nitrogen and oxygen atoms in total. The molecule has 1 saturated heterocycles. The highest BCUT2D eigenvalue weighted by atomic mass is 79.9. The van der Waals surface area contributed by atoms with Crippen molar-refractivity contribution in [1.82, 2.24) is 4.90 Å². The van der Waals surface area contributed by atoms with Crippen LogP contribution >= 0.6 is 27.7 Å². The van der Waals surface area contributed by atoms with Crippen molar-refractivity contribution in [3.63, 3.8) is 0 Å². The molecule has 0 aliphatic carbocycles. The molecular weight excluding hydrogens is 426 g/mol. The first-order chi connectivity index (χ1) is 12.0. The van der Waals surface area contributed by atoms with Crippen molar-refractivity contribution in [3.8, 4) is 11.5 Å². The van der Waals surface area contributed by atoms with Crippen LogP contribution in [0, 0.1) is 0 Å². The molecule has 2 amide bonds. The number of phenols is 1. The summed E-state index contributed by atoms with van der Waals surface area (Å²) in [6.07, 6.45) is 1.49. The summed E-state index contributed by atoms with van der Waals surface area (Å²) >= 11 is 4.02. The van der Waals surface area contributed by atoms with Crippen LogP contribution in [0.15, 0.2) is 21.5 Å². The van der Waals surface area contributed by atoms with E-state index in [-0.39, 0.29) is 16.4 Å². The highest BCUT2D eigenvalue weighted by Gasteiger charge is 2.37. The third kappa shape index (κ3) is 4.79. The summed E-state index contributed by atoms with van der Waals surface area (Å²) in [5.74, 6) is -1.07. The molecule has 1 aliphatic heterocycles. The molecule has 0 atom stereocenters. The molecule has 0 unspecified atom stereocenters. The van der Waals surface area contributed by atoms with Gasteiger partial charge in [0.2, 0.25) is 0 Å². The standard InChI is InChI=1S/C17H18BrNO6S/c1-17(2,3)25-14(21)8-19-15(22)13(26-16(19)23)6-9-5-12(24-4)11(20)7-10(9)18/h5-7,20H,8H2,1-4H3. The number of amides is 2. The van der Waals surface area contributed by atoms with Gasteiger partial charge in [-0.2, -0.15) is 0 Å². The Hall–Kier alpha value is -2.00. The maximum absolute atomic E-state index is 12.5. The van der Waals surface area contributed by atoms with Gasteiger partial charge in [-0.3, -0.25) is 19.3 Å². The first kappa shape index (κ1) is 20.3. The van der Waals surface area contributed by atoms with Crippen LogP contribution in [0.5, 0.6) is 11.5 Å². The number of carbonyl (C=O) groups is 3. The fourth-order valence-electron chi connectivity index (χ4n) is 2.11. The number of halogens is 1. The monoisotopic (exact) mass is 443 g/mol. The van der Waals surface area contributed by atoms with E-state index in [4.69, 9.17) is 9.47 Å². The van der Waals surface area contributed by atoms with Gasteiger partial charge in [-0.1, -0.05) is 15.9 Å². The topological polar surface area (TPSA) is 93.1 Å². The van der Waals surface area contributed by atoms with Crippen LogP contribution in [0.3, 0.4) is 0 Å². The van der Waals surface area contributed by atoms with Crippen molar-refractivity contribution in [2.24, 2.45) is 0 Å². The summed E-state index contributed by atoms with van der Waals surface area (Å²) in [4.78, 5) is 37.5. The zero-order chi connectivity index (χ0) is 19.6. The Morgan fingerprint density at radius 1 is 1.35 bits per heavy atom. The molecule has 1 heterocycles. The minimum Gasteiger partial charge on any atom is -0.504 e. The number of nitrogens with zero attached hydrogens (tertiary/aromatic N) is 1. The van der Waals surface area contributed by atoms with Crippen molar-refractivity contribution in [2.45, 2.75) is 26.4 Å². The van der Waals surface area contributed by atoms with Crippen LogP contribution in [0.2, 0.25) is 0 Å².